The second kappa shape index (κ2) is 37.6. The number of benzene rings is 10. The van der Waals surface area contributed by atoms with E-state index < -0.39 is 94.9 Å². The van der Waals surface area contributed by atoms with Crippen molar-refractivity contribution in [3.8, 4) is 119 Å². The first-order valence-corrected chi connectivity index (χ1v) is 44.5. The van der Waals surface area contributed by atoms with Crippen molar-refractivity contribution in [1.82, 2.24) is 0 Å². The predicted molar refractivity (Wildman–Crippen MR) is 497 cm³/mol. The van der Waals surface area contributed by atoms with E-state index in [9.17, 15) is 54.0 Å². The molecule has 0 saturated heterocycles. The van der Waals surface area contributed by atoms with Crippen LogP contribution in [0, 0.1) is 16.7 Å². The smallest absolute Gasteiger partial charge is 0.317 e. The van der Waals surface area contributed by atoms with Crippen LogP contribution >= 0.6 is 0 Å². The molecule has 0 spiro atoms. The first-order valence-electron chi connectivity index (χ1n) is 44.5. The maximum Gasteiger partial charge on any atom is 0.317 e. The third-order valence-corrected chi connectivity index (χ3v) is 28.7. The van der Waals surface area contributed by atoms with E-state index >= 15 is 14.4 Å². The van der Waals surface area contributed by atoms with E-state index in [1.165, 1.54) is 70.9 Å². The zero-order valence-corrected chi connectivity index (χ0v) is 77.0. The molecular formula is C108H108O25. The molecule has 10 aromatic rings. The standard InChI is InChI=1S/C86H86O20.C22H22O5/c1-45(71(80(91)92)73-59(30-38-68(99-6)77(73)103-10)47-18-14-22-55-51(47)26-34-64(55)88)43-86(82(95)96,42-41-85(4,81(93)94)74-60(31-39-69(100-7)78(74)104-11)48-19-15-23-56-52(48)27-35-65(56)89)44-62(72-58(29-37-67(98-5)76(72)102-9)46-17-13-21-54-50(46)25-33-63(54)87)84(2,3)83(97)106-75-61(32-40-70(101-8)79(75)105-12)49-20-16-24-57-53(49)28-36-66(57)90;1-26-18-10-8-16(13-5-3-6-15-14(13)7-9-17(15)23)19(20(18)27-2)22(21(24)25)11-4-12-22/h13-24,29-32,37-40,45,62,71H,25-28,33-36,41-44H2,1-12H3,(H,91,92)(H,93,94)(H,95,96);3,5-6,8,10H,4,7,9,11-12H2,1-2H3,(H,24,25). The third kappa shape index (κ3) is 16.2. The van der Waals surface area contributed by atoms with Crippen molar-refractivity contribution in [2.75, 3.05) is 71.1 Å². The number of hydrogen-bond donors (Lipinski definition) is 4. The highest BCUT2D eigenvalue weighted by atomic mass is 16.6. The summed E-state index contributed by atoms with van der Waals surface area (Å²) in [4.78, 5) is 142. The summed E-state index contributed by atoms with van der Waals surface area (Å²) in [6.07, 6.45) is 3.05. The Bertz CT molecular complexity index is 6440. The molecule has 6 aliphatic rings. The van der Waals surface area contributed by atoms with E-state index in [0.717, 1.165) is 28.7 Å². The number of ketones is 5. The van der Waals surface area contributed by atoms with E-state index in [2.05, 4.69) is 0 Å². The van der Waals surface area contributed by atoms with E-state index in [0.29, 0.717) is 157 Å². The highest BCUT2D eigenvalue weighted by Gasteiger charge is 2.56. The number of carboxylic acid groups (broad SMARTS) is 4. The second-order valence-electron chi connectivity index (χ2n) is 35.8. The predicted octanol–water partition coefficient (Wildman–Crippen LogP) is 19.8. The molecule has 133 heavy (non-hydrogen) atoms. The normalized spacial score (nSPS) is 15.9. The Morgan fingerprint density at radius 2 is 0.684 bits per heavy atom. The fourth-order valence-corrected chi connectivity index (χ4v) is 21.6. The summed E-state index contributed by atoms with van der Waals surface area (Å²) in [7, 11) is 14.3. The summed E-state index contributed by atoms with van der Waals surface area (Å²) in [5.41, 5.74) is 5.37. The number of Topliss-reactive ketones (excluding diaryl/α,β-unsaturated/α-hetero) is 5. The molecule has 0 aliphatic heterocycles. The molecule has 5 atom stereocenters. The summed E-state index contributed by atoms with van der Waals surface area (Å²) >= 11 is 0. The lowest BCUT2D eigenvalue weighted by Crippen LogP contribution is -2.44. The van der Waals surface area contributed by atoms with Crippen molar-refractivity contribution < 1.29 is 120 Å². The van der Waals surface area contributed by atoms with Crippen LogP contribution in [-0.2, 0) is 66.9 Å². The quantitative estimate of drug-likeness (QED) is 0.0215. The van der Waals surface area contributed by atoms with Gasteiger partial charge in [-0.05, 0) is 212 Å². The molecule has 690 valence electrons. The molecule has 0 aromatic heterocycles. The van der Waals surface area contributed by atoms with Crippen molar-refractivity contribution >= 4 is 58.8 Å². The zero-order valence-electron chi connectivity index (χ0n) is 77.0. The van der Waals surface area contributed by atoms with Crippen LogP contribution < -0.4 is 52.1 Å². The van der Waals surface area contributed by atoms with Gasteiger partial charge in [0.15, 0.2) is 86.4 Å². The Morgan fingerprint density at radius 3 is 1.05 bits per heavy atom. The van der Waals surface area contributed by atoms with Crippen LogP contribution in [0.4, 0.5) is 0 Å². The number of rotatable bonds is 34. The lowest BCUT2D eigenvalue weighted by Gasteiger charge is -2.43. The highest BCUT2D eigenvalue weighted by molar-refractivity contribution is 6.07. The van der Waals surface area contributed by atoms with Crippen LogP contribution in [0.2, 0.25) is 0 Å². The molecule has 4 N–H and O–H groups in total. The average Bonchev–Trinajstić information content (AvgIpc) is 1.59. The fraction of sp³-hybridized carbons (Fsp3) is 0.352. The molecule has 0 bridgehead atoms. The minimum atomic E-state index is -2.37. The van der Waals surface area contributed by atoms with E-state index in [1.807, 2.05) is 42.5 Å². The van der Waals surface area contributed by atoms with Crippen molar-refractivity contribution in [2.24, 2.45) is 16.7 Å². The Labute approximate surface area is 770 Å². The first kappa shape index (κ1) is 93.6. The van der Waals surface area contributed by atoms with Gasteiger partial charge in [0.2, 0.25) is 5.75 Å². The molecule has 1 fully saturated rings. The molecule has 0 amide bonds. The number of carboxylic acids is 4. The van der Waals surface area contributed by atoms with Crippen LogP contribution in [0.25, 0.3) is 55.6 Å². The van der Waals surface area contributed by atoms with Gasteiger partial charge in [-0.2, -0.15) is 0 Å². The molecule has 25 heteroatoms. The minimum absolute atomic E-state index is 0.00645. The number of carbonyl (C=O) groups excluding carboxylic acids is 6. The second-order valence-corrected chi connectivity index (χ2v) is 35.8. The molecule has 1 saturated carbocycles. The van der Waals surface area contributed by atoms with Gasteiger partial charge in [-0.1, -0.05) is 129 Å². The number of carbonyl (C=O) groups is 10. The van der Waals surface area contributed by atoms with Crippen LogP contribution in [0.3, 0.4) is 0 Å². The molecule has 16 rings (SSSR count). The molecule has 6 aliphatic carbocycles. The fourth-order valence-electron chi connectivity index (χ4n) is 21.6. The lowest BCUT2D eigenvalue weighted by molar-refractivity contribution is -0.157. The summed E-state index contributed by atoms with van der Waals surface area (Å²) in [6.45, 7) is 6.26. The lowest BCUT2D eigenvalue weighted by atomic mass is 9.59. The Hall–Kier alpha value is -14.1. The van der Waals surface area contributed by atoms with Gasteiger partial charge in [0.1, 0.15) is 0 Å². The molecule has 5 unspecified atom stereocenters. The van der Waals surface area contributed by atoms with Gasteiger partial charge in [-0.25, -0.2) is 0 Å². The van der Waals surface area contributed by atoms with Crippen LogP contribution in [0.5, 0.6) is 63.2 Å². The van der Waals surface area contributed by atoms with Gasteiger partial charge in [-0.15, -0.1) is 0 Å². The van der Waals surface area contributed by atoms with Gasteiger partial charge in [-0.3, -0.25) is 47.9 Å². The van der Waals surface area contributed by atoms with Crippen molar-refractivity contribution in [3.63, 3.8) is 0 Å². The Morgan fingerprint density at radius 1 is 0.346 bits per heavy atom. The topological polar surface area (TPSA) is 353 Å². The molecule has 0 heterocycles. The van der Waals surface area contributed by atoms with Gasteiger partial charge in [0.25, 0.3) is 0 Å². The van der Waals surface area contributed by atoms with Crippen molar-refractivity contribution in [1.29, 1.82) is 0 Å². The van der Waals surface area contributed by atoms with Gasteiger partial charge < -0.3 is 72.5 Å². The van der Waals surface area contributed by atoms with Gasteiger partial charge in [0.05, 0.1) is 98.7 Å². The summed E-state index contributed by atoms with van der Waals surface area (Å²) < 4.78 is 66.8. The summed E-state index contributed by atoms with van der Waals surface area (Å²) in [5.74, 6) is -9.18. The number of fused-ring (bicyclic) bond motifs is 5. The van der Waals surface area contributed by atoms with E-state index in [4.69, 9.17) is 52.1 Å². The Kier molecular flexibility index (Phi) is 26.5. The summed E-state index contributed by atoms with van der Waals surface area (Å²) in [5, 5.41) is 47.7. The Balaban J connectivity index is 0.000000424. The van der Waals surface area contributed by atoms with Crippen LogP contribution in [0.1, 0.15) is 218 Å². The number of aliphatic carboxylic acids is 4. The van der Waals surface area contributed by atoms with Gasteiger partial charge >= 0.3 is 29.8 Å². The van der Waals surface area contributed by atoms with E-state index in [-0.39, 0.29) is 123 Å². The first-order chi connectivity index (χ1) is 63.8. The maximum absolute atomic E-state index is 16.8. The maximum atomic E-state index is 16.8. The van der Waals surface area contributed by atoms with Crippen LogP contribution in [-0.4, -0.2) is 150 Å². The monoisotopic (exact) mass is 1800 g/mol. The van der Waals surface area contributed by atoms with Crippen LogP contribution in [0.15, 0.2) is 152 Å². The van der Waals surface area contributed by atoms with Crippen molar-refractivity contribution in [2.45, 2.75) is 160 Å². The number of esters is 1. The van der Waals surface area contributed by atoms with Crippen molar-refractivity contribution in [3.05, 3.63) is 230 Å². The molecular weight excluding hydrogens is 1700 g/mol. The molecule has 10 aromatic carbocycles. The number of hydrogen-bond acceptors (Lipinski definition) is 21. The zero-order chi connectivity index (χ0) is 95.2. The largest absolute Gasteiger partial charge is 0.493 e. The van der Waals surface area contributed by atoms with Gasteiger partial charge in [0, 0.05) is 93.7 Å². The third-order valence-electron chi connectivity index (χ3n) is 28.7. The number of ether oxygens (including phenoxy) is 11. The SMILES string of the molecule is COc1ccc(-c2cccc3c2CCC3=O)c(C2(C(=O)O)CCC2)c1OC.COc1ccc(-c2cccc3c2CCC3=O)c(OC(=O)C(C)(C)C(CC(CCC(C)(C(=O)O)c2c(-c3cccc4c3CCC4=O)ccc(OC)c2OC)(CC(C)C(C(=O)O)c2c(-c3cccc4c3CCC4=O)ccc(OC)c2OC)C(=O)O)c2c(-c3cccc4c3CCC4=O)ccc(OC)c2OC)c1OC. The average molecular weight is 1810 g/mol. The van der Waals surface area contributed by atoms with E-state index in [1.54, 1.807) is 137 Å². The summed E-state index contributed by atoms with van der Waals surface area (Å²) in [6, 6.07) is 43.9. The number of methoxy groups -OCH3 is 10. The molecule has 25 nitrogen and oxygen atoms in total. The minimum Gasteiger partial charge on any atom is -0.493 e. The molecule has 0 radical (unpaired) electrons. The highest BCUT2D eigenvalue weighted by Crippen LogP contribution is 2.62.